The number of ether oxygens (including phenoxy) is 1. The average molecular weight is 278 g/mol. The van der Waals surface area contributed by atoms with Crippen LogP contribution in [0.2, 0.25) is 0 Å². The van der Waals surface area contributed by atoms with Crippen molar-refractivity contribution in [1.29, 1.82) is 0 Å². The van der Waals surface area contributed by atoms with Crippen LogP contribution < -0.4 is 15.4 Å². The Hall–Kier alpha value is -1.49. The summed E-state index contributed by atoms with van der Waals surface area (Å²) in [7, 11) is 2.15. The number of likely N-dealkylation sites (N-methyl/N-ethyl adjacent to an activating group) is 1. The number of anilines is 2. The maximum atomic E-state index is 5.95. The molecule has 20 heavy (non-hydrogen) atoms. The predicted octanol–water partition coefficient (Wildman–Crippen LogP) is 1.84. The molecule has 5 nitrogen and oxygen atoms in total. The Morgan fingerprint density at radius 2 is 2.15 bits per heavy atom. The summed E-state index contributed by atoms with van der Waals surface area (Å²) >= 11 is 0. The summed E-state index contributed by atoms with van der Waals surface area (Å²) in [6.45, 7) is 10.2. The summed E-state index contributed by atoms with van der Waals surface area (Å²) in [6, 6.07) is 4.32. The van der Waals surface area contributed by atoms with Gasteiger partial charge in [-0.2, -0.15) is 4.98 Å². The van der Waals surface area contributed by atoms with Crippen LogP contribution in [0.15, 0.2) is 12.1 Å². The van der Waals surface area contributed by atoms with Crippen molar-refractivity contribution in [2.24, 2.45) is 5.92 Å². The van der Waals surface area contributed by atoms with E-state index in [-0.39, 0.29) is 0 Å². The summed E-state index contributed by atoms with van der Waals surface area (Å²) < 4.78 is 5.71. The van der Waals surface area contributed by atoms with Crippen LogP contribution >= 0.6 is 0 Å². The Morgan fingerprint density at radius 1 is 1.40 bits per heavy atom. The summed E-state index contributed by atoms with van der Waals surface area (Å²) in [6.07, 6.45) is 0. The van der Waals surface area contributed by atoms with E-state index in [0.29, 0.717) is 30.1 Å². The number of aromatic nitrogens is 1. The molecule has 0 radical (unpaired) electrons. The van der Waals surface area contributed by atoms with E-state index in [0.717, 1.165) is 25.5 Å². The normalized spacial score (nSPS) is 20.4. The number of nitrogens with zero attached hydrogens (tertiary/aromatic N) is 3. The van der Waals surface area contributed by atoms with Crippen molar-refractivity contribution >= 4 is 11.5 Å². The van der Waals surface area contributed by atoms with Crippen LogP contribution in [-0.4, -0.2) is 49.2 Å². The molecule has 1 aliphatic heterocycles. The third-order valence-electron chi connectivity index (χ3n) is 3.55. The van der Waals surface area contributed by atoms with Crippen molar-refractivity contribution in [3.8, 4) is 5.88 Å². The van der Waals surface area contributed by atoms with E-state index < -0.39 is 0 Å². The molecule has 0 aliphatic carbocycles. The lowest BCUT2D eigenvalue weighted by Crippen LogP contribution is -2.50. The molecule has 1 aromatic rings. The van der Waals surface area contributed by atoms with Gasteiger partial charge in [0.1, 0.15) is 5.82 Å². The number of hydrogen-bond acceptors (Lipinski definition) is 5. The first-order valence-corrected chi connectivity index (χ1v) is 7.32. The second-order valence-electron chi connectivity index (χ2n) is 6.07. The first kappa shape index (κ1) is 14.9. The fourth-order valence-electron chi connectivity index (χ4n) is 2.44. The van der Waals surface area contributed by atoms with Crippen LogP contribution in [0.3, 0.4) is 0 Å². The fourth-order valence-corrected chi connectivity index (χ4v) is 2.44. The lowest BCUT2D eigenvalue weighted by Gasteiger charge is -2.39. The number of pyridine rings is 1. The third kappa shape index (κ3) is 3.54. The molecular weight excluding hydrogens is 252 g/mol. The second-order valence-corrected chi connectivity index (χ2v) is 6.07. The molecule has 1 unspecified atom stereocenters. The van der Waals surface area contributed by atoms with Crippen LogP contribution in [0.4, 0.5) is 11.5 Å². The molecule has 1 atom stereocenters. The molecule has 1 saturated heterocycles. The number of piperazine rings is 1. The van der Waals surface area contributed by atoms with Crippen LogP contribution in [0.1, 0.15) is 20.8 Å². The molecule has 0 saturated carbocycles. The van der Waals surface area contributed by atoms with Gasteiger partial charge in [-0.3, -0.25) is 0 Å². The van der Waals surface area contributed by atoms with Crippen LogP contribution in [0, 0.1) is 5.92 Å². The van der Waals surface area contributed by atoms with Gasteiger partial charge >= 0.3 is 0 Å². The Morgan fingerprint density at radius 3 is 2.80 bits per heavy atom. The molecular formula is C15H26N4O. The summed E-state index contributed by atoms with van der Waals surface area (Å²) in [5.41, 5.74) is 6.56. The van der Waals surface area contributed by atoms with Gasteiger partial charge in [0.15, 0.2) is 0 Å². The highest BCUT2D eigenvalue weighted by Gasteiger charge is 2.23. The van der Waals surface area contributed by atoms with Gasteiger partial charge in [0.2, 0.25) is 5.88 Å². The number of nitrogen functional groups attached to an aromatic ring is 1. The minimum absolute atomic E-state index is 0.447. The molecule has 2 heterocycles. The lowest BCUT2D eigenvalue weighted by atomic mass is 10.2. The zero-order valence-electron chi connectivity index (χ0n) is 13.0. The molecule has 1 fully saturated rings. The van der Waals surface area contributed by atoms with Crippen LogP contribution in [0.5, 0.6) is 5.88 Å². The molecule has 2 N–H and O–H groups in total. The van der Waals surface area contributed by atoms with Crippen molar-refractivity contribution in [1.82, 2.24) is 9.88 Å². The Kier molecular flexibility index (Phi) is 4.70. The van der Waals surface area contributed by atoms with Crippen molar-refractivity contribution in [3.05, 3.63) is 12.1 Å². The quantitative estimate of drug-likeness (QED) is 0.911. The smallest absolute Gasteiger partial charge is 0.239 e. The first-order valence-electron chi connectivity index (χ1n) is 7.32. The molecule has 0 bridgehead atoms. The van der Waals surface area contributed by atoms with Crippen molar-refractivity contribution in [2.45, 2.75) is 26.8 Å². The van der Waals surface area contributed by atoms with Crippen molar-refractivity contribution < 1.29 is 4.74 Å². The van der Waals surface area contributed by atoms with E-state index >= 15 is 0 Å². The molecule has 1 aliphatic rings. The summed E-state index contributed by atoms with van der Waals surface area (Å²) in [5.74, 6) is 1.98. The maximum absolute atomic E-state index is 5.95. The van der Waals surface area contributed by atoms with Gasteiger partial charge in [0.05, 0.1) is 12.3 Å². The number of nitrogens with two attached hydrogens (primary N) is 1. The van der Waals surface area contributed by atoms with E-state index in [4.69, 9.17) is 10.5 Å². The Bertz CT molecular complexity index is 449. The number of rotatable bonds is 4. The van der Waals surface area contributed by atoms with Crippen molar-refractivity contribution in [2.75, 3.05) is 43.9 Å². The highest BCUT2D eigenvalue weighted by atomic mass is 16.5. The molecule has 5 heteroatoms. The zero-order chi connectivity index (χ0) is 14.7. The van der Waals surface area contributed by atoms with Gasteiger partial charge in [-0.1, -0.05) is 13.8 Å². The minimum Gasteiger partial charge on any atom is -0.476 e. The molecule has 0 spiro atoms. The average Bonchev–Trinajstić information content (AvgIpc) is 2.38. The standard InChI is InChI=1S/C15H26N4O/c1-11(2)10-20-15-13(16)5-6-14(17-15)19-8-7-18(4)9-12(19)3/h5-6,11-12H,7-10,16H2,1-4H3. The van der Waals surface area contributed by atoms with E-state index in [1.807, 2.05) is 12.1 Å². The van der Waals surface area contributed by atoms with Gasteiger partial charge in [-0.05, 0) is 32.0 Å². The first-order chi connectivity index (χ1) is 9.47. The molecule has 1 aromatic heterocycles. The Balaban J connectivity index is 2.14. The molecule has 112 valence electrons. The largest absolute Gasteiger partial charge is 0.476 e. The maximum Gasteiger partial charge on any atom is 0.239 e. The molecule has 0 aromatic carbocycles. The molecule has 2 rings (SSSR count). The Labute approximate surface area is 121 Å². The fraction of sp³-hybridized carbons (Fsp3) is 0.667. The summed E-state index contributed by atoms with van der Waals surface area (Å²) in [5, 5.41) is 0. The third-order valence-corrected chi connectivity index (χ3v) is 3.55. The highest BCUT2D eigenvalue weighted by molar-refractivity contribution is 5.55. The van der Waals surface area contributed by atoms with Gasteiger partial charge in [0, 0.05) is 25.7 Å². The second kappa shape index (κ2) is 6.31. The lowest BCUT2D eigenvalue weighted by molar-refractivity contribution is 0.260. The minimum atomic E-state index is 0.447. The van der Waals surface area contributed by atoms with Gasteiger partial charge in [-0.15, -0.1) is 0 Å². The van der Waals surface area contributed by atoms with E-state index in [9.17, 15) is 0 Å². The SMILES string of the molecule is CC(C)COc1nc(N2CCN(C)CC2C)ccc1N. The number of hydrogen-bond donors (Lipinski definition) is 1. The van der Waals surface area contributed by atoms with Gasteiger partial charge in [0.25, 0.3) is 0 Å². The topological polar surface area (TPSA) is 54.6 Å². The summed E-state index contributed by atoms with van der Waals surface area (Å²) in [4.78, 5) is 9.27. The van der Waals surface area contributed by atoms with E-state index in [2.05, 4.69) is 42.6 Å². The van der Waals surface area contributed by atoms with Crippen LogP contribution in [0.25, 0.3) is 0 Å². The predicted molar refractivity (Wildman–Crippen MR) is 83.3 cm³/mol. The van der Waals surface area contributed by atoms with Gasteiger partial charge < -0.3 is 20.3 Å². The van der Waals surface area contributed by atoms with E-state index in [1.54, 1.807) is 0 Å². The van der Waals surface area contributed by atoms with Crippen molar-refractivity contribution in [3.63, 3.8) is 0 Å². The van der Waals surface area contributed by atoms with E-state index in [1.165, 1.54) is 0 Å². The van der Waals surface area contributed by atoms with Gasteiger partial charge in [-0.25, -0.2) is 0 Å². The highest BCUT2D eigenvalue weighted by Crippen LogP contribution is 2.25. The monoisotopic (exact) mass is 278 g/mol. The van der Waals surface area contributed by atoms with Crippen LogP contribution in [-0.2, 0) is 0 Å². The molecule has 0 amide bonds. The zero-order valence-corrected chi connectivity index (χ0v) is 13.0.